The highest BCUT2D eigenvalue weighted by atomic mass is 79.9. The molecule has 11 nitrogen and oxygen atoms in total. The van der Waals surface area contributed by atoms with E-state index in [1.807, 2.05) is 225 Å². The second-order valence-electron chi connectivity index (χ2n) is 29.4. The molecule has 0 spiro atoms. The average molecular weight is 1940 g/mol. The number of esters is 2. The van der Waals surface area contributed by atoms with Crippen LogP contribution in [-0.2, 0) is 21.0 Å². The van der Waals surface area contributed by atoms with E-state index in [4.69, 9.17) is 20.1 Å². The summed E-state index contributed by atoms with van der Waals surface area (Å²) in [6.45, 7) is 0. The molecule has 15 heteroatoms. The number of hydrogen-bond donors (Lipinski definition) is 3. The number of carbonyl (C=O) groups is 6. The highest BCUT2D eigenvalue weighted by molar-refractivity contribution is 9.08. The predicted molar refractivity (Wildman–Crippen MR) is 562 cm³/mol. The molecular weight excluding hydrogens is 1840 g/mol. The number of ether oxygens (including phenoxy) is 2. The maximum Gasteiger partial charge on any atom is 0.338 e. The zero-order chi connectivity index (χ0) is 94.4. The number of carbonyl (C=O) groups excluding carboxylic acids is 3. The molecule has 0 aliphatic carbocycles. The molecule has 0 aromatic heterocycles. The first-order valence-corrected chi connectivity index (χ1v) is 47.5. The lowest BCUT2D eigenvalue weighted by Crippen LogP contribution is -3.00. The molecule has 0 heterocycles. The van der Waals surface area contributed by atoms with E-state index in [2.05, 4.69) is 245 Å². The minimum Gasteiger partial charge on any atom is -1.00 e. The first-order chi connectivity index (χ1) is 65.7. The summed E-state index contributed by atoms with van der Waals surface area (Å²) >= 11 is 3.36. The van der Waals surface area contributed by atoms with Gasteiger partial charge in [0.1, 0.15) is 23.2 Å². The van der Waals surface area contributed by atoms with Gasteiger partial charge in [0, 0.05) is 10.9 Å². The Labute approximate surface area is 812 Å². The molecule has 0 unspecified atom stereocenters. The number of aldehydes is 1. The number of hydrogen-bond acceptors (Lipinski definition) is 8. The fourth-order valence-corrected chi connectivity index (χ4v) is 20.6. The van der Waals surface area contributed by atoms with Gasteiger partial charge in [0.15, 0.2) is 6.29 Å². The first kappa shape index (κ1) is 103. The van der Waals surface area contributed by atoms with Gasteiger partial charge in [-0.05, 0) is 146 Å². The molecule has 17 aromatic rings. The van der Waals surface area contributed by atoms with Crippen molar-refractivity contribution in [3.8, 4) is 0 Å². The summed E-state index contributed by atoms with van der Waals surface area (Å²) in [7, 11) is 0.449. The number of carboxylic acids is 3. The Morgan fingerprint density at radius 3 is 0.696 bits per heavy atom. The first-order valence-electron chi connectivity index (χ1n) is 43.0. The van der Waals surface area contributed by atoms with E-state index in [0.29, 0.717) is 56.4 Å². The summed E-state index contributed by atoms with van der Waals surface area (Å²) < 4.78 is 9.24. The third-order valence-corrected chi connectivity index (χ3v) is 27.8. The molecule has 0 aliphatic rings. The zero-order valence-corrected chi connectivity index (χ0v) is 79.5. The van der Waals surface area contributed by atoms with Crippen LogP contribution in [0.5, 0.6) is 0 Å². The molecule has 0 fully saturated rings. The van der Waals surface area contributed by atoms with E-state index in [1.54, 1.807) is 84.9 Å². The predicted octanol–water partition coefficient (Wildman–Crippen LogP) is 23.8. The Hall–Kier alpha value is -15.5. The lowest BCUT2D eigenvalue weighted by atomic mass is 10.1. The number of rotatable bonds is 23. The highest BCUT2D eigenvalue weighted by Gasteiger charge is 2.45. The molecular formula is C120H102Br2O11P2. The number of aromatic carboxylic acids is 3. The Morgan fingerprint density at radius 1 is 0.259 bits per heavy atom. The molecule has 0 radical (unpaired) electrons. The van der Waals surface area contributed by atoms with Crippen LogP contribution in [0.25, 0.3) is 48.6 Å². The van der Waals surface area contributed by atoms with Crippen LogP contribution < -0.4 is 48.8 Å². The summed E-state index contributed by atoms with van der Waals surface area (Å²) in [5.74, 6) is -3.52. The number of benzene rings is 17. The van der Waals surface area contributed by atoms with Gasteiger partial charge in [-0.3, -0.25) is 4.79 Å². The Morgan fingerprint density at radius 2 is 0.459 bits per heavy atom. The van der Waals surface area contributed by atoms with Crippen molar-refractivity contribution >= 4 is 148 Å². The van der Waals surface area contributed by atoms with Crippen LogP contribution in [0.1, 0.15) is 118 Å². The summed E-state index contributed by atoms with van der Waals surface area (Å²) in [4.78, 5) is 66.0. The molecule has 135 heavy (non-hydrogen) atoms. The maximum absolute atomic E-state index is 11.6. The van der Waals surface area contributed by atoms with Gasteiger partial charge < -0.3 is 41.8 Å². The minimum absolute atomic E-state index is 0. The largest absolute Gasteiger partial charge is 1.00 e. The standard InChI is InChI=1S/C25H22P.C18H15P.C16H14O2.3C15H12O2.C9H8O3.C7H7Br.BrH/c1-5-13-22(14-6-1)21-26(23-15-7-2-8-16-23,24-17-9-3-10-18-24)25-19-11-4-12-20-25;1-4-10-16(11-5-1)19(17-12-6-2-7-13-17)18-14-8-3-9-15-18;1-18-16(17)15-10-6-5-9-14(15)12-11-13-7-3-2-4-8-13;3*16-15(17)14-9-5-4-8-13(14)11-10-12-6-2-1-3-7-12;1-12-9(11)8-5-3-2-4-7(8)6-10;8-6-7-4-2-1-3-5-7;/h1-20H,21H2;1-15H;2-12H,1H3;3*1-11H,(H,16,17);2-6H,1H3;1-5H,6H2;1H/q+1;;;;;;;;/p-1/b;;12-11+;2*11-10+;11-10-;;;. The monoisotopic (exact) mass is 1940 g/mol. The maximum atomic E-state index is 11.6. The molecule has 0 atom stereocenters. The van der Waals surface area contributed by atoms with Crippen LogP contribution in [0.4, 0.5) is 0 Å². The average Bonchev–Trinajstić information content (AvgIpc) is 0.749. The fourth-order valence-electron chi connectivity index (χ4n) is 13.7. The van der Waals surface area contributed by atoms with E-state index in [-0.39, 0.29) is 23.0 Å². The van der Waals surface area contributed by atoms with Gasteiger partial charge in [-0.1, -0.05) is 483 Å². The second kappa shape index (κ2) is 58.3. The Bertz CT molecular complexity index is 6100. The summed E-state index contributed by atoms with van der Waals surface area (Å²) in [6.07, 6.45) is 16.7. The van der Waals surface area contributed by atoms with Crippen molar-refractivity contribution in [3.63, 3.8) is 0 Å². The third-order valence-electron chi connectivity index (χ3n) is 20.3. The molecule has 17 rings (SSSR count). The molecule has 0 saturated heterocycles. The van der Waals surface area contributed by atoms with Crippen molar-refractivity contribution < 1.29 is 70.5 Å². The van der Waals surface area contributed by atoms with Crippen LogP contribution in [0, 0.1) is 0 Å². The van der Waals surface area contributed by atoms with Crippen LogP contribution in [0.3, 0.4) is 0 Å². The Kier molecular flexibility index (Phi) is 44.6. The summed E-state index contributed by atoms with van der Waals surface area (Å²) in [5, 5.41) is 36.5. The van der Waals surface area contributed by atoms with Crippen LogP contribution in [0.2, 0.25) is 0 Å². The van der Waals surface area contributed by atoms with E-state index in [9.17, 15) is 28.8 Å². The van der Waals surface area contributed by atoms with Crippen LogP contribution in [-0.4, -0.2) is 65.7 Å². The van der Waals surface area contributed by atoms with Gasteiger partial charge in [-0.2, -0.15) is 0 Å². The topological polar surface area (TPSA) is 182 Å². The van der Waals surface area contributed by atoms with Crippen LogP contribution >= 0.6 is 31.1 Å². The van der Waals surface area contributed by atoms with Crippen molar-refractivity contribution in [1.29, 1.82) is 0 Å². The van der Waals surface area contributed by atoms with Crippen molar-refractivity contribution in [2.45, 2.75) is 11.5 Å². The van der Waals surface area contributed by atoms with Crippen molar-refractivity contribution in [2.75, 3.05) is 14.2 Å². The summed E-state index contributed by atoms with van der Waals surface area (Å²) in [6, 6.07) is 161. The minimum atomic E-state index is -1.78. The molecule has 3 N–H and O–H groups in total. The van der Waals surface area contributed by atoms with Gasteiger partial charge in [0.2, 0.25) is 0 Å². The van der Waals surface area contributed by atoms with Gasteiger partial charge >= 0.3 is 29.8 Å². The number of methoxy groups -OCH3 is 2. The lowest BCUT2D eigenvalue weighted by Gasteiger charge is -2.27. The van der Waals surface area contributed by atoms with E-state index < -0.39 is 39.1 Å². The normalized spacial score (nSPS) is 10.4. The van der Waals surface area contributed by atoms with Gasteiger partial charge in [0.25, 0.3) is 0 Å². The van der Waals surface area contributed by atoms with Crippen LogP contribution in [0.15, 0.2) is 485 Å². The number of carboxylic acid groups (broad SMARTS) is 3. The van der Waals surface area contributed by atoms with E-state index >= 15 is 0 Å². The lowest BCUT2D eigenvalue weighted by molar-refractivity contribution is -0.0000991. The Balaban J connectivity index is 0.000000176. The number of alkyl halides is 1. The van der Waals surface area contributed by atoms with Crippen molar-refractivity contribution in [2.24, 2.45) is 0 Å². The second-order valence-corrected chi connectivity index (χ2v) is 35.6. The van der Waals surface area contributed by atoms with Gasteiger partial charge in [-0.25, -0.2) is 24.0 Å². The van der Waals surface area contributed by atoms with Crippen molar-refractivity contribution in [1.82, 2.24) is 0 Å². The SMILES string of the molecule is BrCc1ccccc1.COC(=O)c1ccccc1/C=C/c1ccccc1.COC(=O)c1ccccc1C=O.O=C(O)c1ccccc1/C=C/c1ccccc1.O=C(O)c1ccccc1/C=C/c1ccccc1.O=C(O)c1ccccc1/C=C\c1ccccc1.[Br-].c1ccc(C[P+](c2ccccc2)(c2ccccc2)c2ccccc2)cc1.c1ccc(P(c2ccccc2)c2ccccc2)cc1. The fraction of sp³-hybridized carbons (Fsp3) is 0.0333. The third kappa shape index (κ3) is 33.7. The van der Waals surface area contributed by atoms with Gasteiger partial charge in [-0.15, -0.1) is 0 Å². The highest BCUT2D eigenvalue weighted by Crippen LogP contribution is 2.58. The quantitative estimate of drug-likeness (QED) is 0.0182. The zero-order valence-electron chi connectivity index (χ0n) is 74.6. The molecule has 672 valence electrons. The molecule has 0 aliphatic heterocycles. The van der Waals surface area contributed by atoms with Crippen molar-refractivity contribution in [3.05, 3.63) is 574 Å². The molecule has 0 amide bonds. The van der Waals surface area contributed by atoms with Gasteiger partial charge in [0.05, 0.1) is 48.2 Å². The molecule has 0 bridgehead atoms. The number of halogens is 2. The smallest absolute Gasteiger partial charge is 0.338 e. The van der Waals surface area contributed by atoms with E-state index in [0.717, 1.165) is 39.3 Å². The van der Waals surface area contributed by atoms with E-state index in [1.165, 1.54) is 57.2 Å². The summed E-state index contributed by atoms with van der Waals surface area (Å²) in [5.41, 5.74) is 12.1. The molecule has 17 aromatic carbocycles. The molecule has 0 saturated carbocycles.